The summed E-state index contributed by atoms with van der Waals surface area (Å²) in [4.78, 5) is 4.62. The standard InChI is InChI=1S/C18H22BBrN2O2/c1-17(2)18(3,4)24-19(23-17)15-11-22(16(20)21-15)14-7-5-6-13(10-14)12-8-9-12/h5-7,10-12H,8-9H2,1-4H3. The highest BCUT2D eigenvalue weighted by Gasteiger charge is 2.52. The van der Waals surface area contributed by atoms with Gasteiger partial charge in [-0.25, -0.2) is 4.98 Å². The second-order valence-corrected chi connectivity index (χ2v) is 8.47. The van der Waals surface area contributed by atoms with Crippen LogP contribution in [0, 0.1) is 0 Å². The van der Waals surface area contributed by atoms with Gasteiger partial charge in [-0.2, -0.15) is 0 Å². The Morgan fingerprint density at radius 1 is 1.17 bits per heavy atom. The summed E-state index contributed by atoms with van der Waals surface area (Å²) in [5.41, 5.74) is 2.59. The van der Waals surface area contributed by atoms with Crippen LogP contribution >= 0.6 is 15.9 Å². The second kappa shape index (κ2) is 5.45. The van der Waals surface area contributed by atoms with E-state index in [1.807, 2.05) is 10.8 Å². The lowest BCUT2D eigenvalue weighted by atomic mass is 9.86. The van der Waals surface area contributed by atoms with Crippen molar-refractivity contribution in [1.82, 2.24) is 9.55 Å². The van der Waals surface area contributed by atoms with E-state index in [-0.39, 0.29) is 11.2 Å². The van der Waals surface area contributed by atoms with Crippen LogP contribution in [-0.2, 0) is 9.31 Å². The minimum atomic E-state index is -0.445. The molecule has 2 aliphatic rings. The number of benzene rings is 1. The number of halogens is 1. The molecule has 0 N–H and O–H groups in total. The first-order chi connectivity index (χ1) is 11.3. The molecule has 0 radical (unpaired) electrons. The molecule has 1 aromatic heterocycles. The molecule has 1 aromatic carbocycles. The SMILES string of the molecule is CC1(C)OB(c2cn(-c3cccc(C4CC4)c3)c(Br)n2)OC1(C)C. The molecular weight excluding hydrogens is 367 g/mol. The van der Waals surface area contributed by atoms with Gasteiger partial charge < -0.3 is 9.31 Å². The average Bonchev–Trinajstić information content (AvgIpc) is 3.24. The minimum Gasteiger partial charge on any atom is -0.398 e. The summed E-state index contributed by atoms with van der Waals surface area (Å²) in [5.74, 6) is 0.731. The Labute approximate surface area is 151 Å². The Balaban J connectivity index is 1.65. The minimum absolute atomic E-state index is 0.361. The lowest BCUT2D eigenvalue weighted by molar-refractivity contribution is 0.00578. The predicted octanol–water partition coefficient (Wildman–Crippen LogP) is 3.81. The van der Waals surface area contributed by atoms with E-state index < -0.39 is 7.12 Å². The molecule has 0 amide bonds. The highest BCUT2D eigenvalue weighted by atomic mass is 79.9. The van der Waals surface area contributed by atoms with Gasteiger partial charge in [-0.1, -0.05) is 12.1 Å². The monoisotopic (exact) mass is 388 g/mol. The fourth-order valence-corrected chi connectivity index (χ4v) is 3.49. The maximum absolute atomic E-state index is 6.11. The van der Waals surface area contributed by atoms with E-state index in [1.165, 1.54) is 18.4 Å². The van der Waals surface area contributed by atoms with E-state index in [0.717, 1.165) is 21.9 Å². The van der Waals surface area contributed by atoms with Crippen LogP contribution in [-0.4, -0.2) is 27.9 Å². The number of hydrogen-bond donors (Lipinski definition) is 0. The number of imidazole rings is 1. The third kappa shape index (κ3) is 2.74. The van der Waals surface area contributed by atoms with Crippen LogP contribution in [0.2, 0.25) is 0 Å². The maximum Gasteiger partial charge on any atom is 0.516 e. The van der Waals surface area contributed by atoms with Crippen molar-refractivity contribution in [3.63, 3.8) is 0 Å². The van der Waals surface area contributed by atoms with E-state index in [0.29, 0.717) is 0 Å². The molecule has 126 valence electrons. The van der Waals surface area contributed by atoms with E-state index in [2.05, 4.69) is 72.9 Å². The molecule has 0 atom stereocenters. The number of aromatic nitrogens is 2. The van der Waals surface area contributed by atoms with Gasteiger partial charge in [0.25, 0.3) is 0 Å². The molecule has 1 saturated heterocycles. The lowest BCUT2D eigenvalue weighted by Gasteiger charge is -2.32. The summed E-state index contributed by atoms with van der Waals surface area (Å²) in [6.45, 7) is 8.21. The Morgan fingerprint density at radius 3 is 2.46 bits per heavy atom. The summed E-state index contributed by atoms with van der Waals surface area (Å²) < 4.78 is 15.0. The highest BCUT2D eigenvalue weighted by molar-refractivity contribution is 9.10. The van der Waals surface area contributed by atoms with Crippen molar-refractivity contribution < 1.29 is 9.31 Å². The molecular formula is C18H22BBrN2O2. The zero-order valence-corrected chi connectivity index (χ0v) is 16.1. The summed E-state index contributed by atoms with van der Waals surface area (Å²) in [6.07, 6.45) is 4.60. The topological polar surface area (TPSA) is 36.3 Å². The molecule has 0 spiro atoms. The summed E-state index contributed by atoms with van der Waals surface area (Å²) in [7, 11) is -0.445. The fraction of sp³-hybridized carbons (Fsp3) is 0.500. The first-order valence-corrected chi connectivity index (χ1v) is 9.27. The van der Waals surface area contributed by atoms with Gasteiger partial charge in [-0.15, -0.1) is 0 Å². The molecule has 0 bridgehead atoms. The van der Waals surface area contributed by atoms with E-state index >= 15 is 0 Å². The van der Waals surface area contributed by atoms with Gasteiger partial charge in [0.05, 0.1) is 16.8 Å². The van der Waals surface area contributed by atoms with E-state index in [4.69, 9.17) is 9.31 Å². The maximum atomic E-state index is 6.11. The first kappa shape index (κ1) is 16.4. The number of hydrogen-bond acceptors (Lipinski definition) is 3. The summed E-state index contributed by atoms with van der Waals surface area (Å²) in [6, 6.07) is 8.68. The van der Waals surface area contributed by atoms with E-state index in [1.54, 1.807) is 0 Å². The van der Waals surface area contributed by atoms with Crippen molar-refractivity contribution in [3.8, 4) is 5.69 Å². The Morgan fingerprint density at radius 2 is 1.83 bits per heavy atom. The molecule has 24 heavy (non-hydrogen) atoms. The van der Waals surface area contributed by atoms with Crippen LogP contribution in [0.5, 0.6) is 0 Å². The summed E-state index contributed by atoms with van der Waals surface area (Å²) >= 11 is 3.58. The number of nitrogens with zero attached hydrogens (tertiary/aromatic N) is 2. The van der Waals surface area contributed by atoms with Crippen LogP contribution in [0.1, 0.15) is 52.0 Å². The molecule has 1 aliphatic carbocycles. The largest absolute Gasteiger partial charge is 0.516 e. The van der Waals surface area contributed by atoms with Crippen molar-refractivity contribution in [1.29, 1.82) is 0 Å². The molecule has 2 fully saturated rings. The Hall–Kier alpha value is -1.11. The fourth-order valence-electron chi connectivity index (χ4n) is 2.98. The van der Waals surface area contributed by atoms with Crippen LogP contribution in [0.4, 0.5) is 0 Å². The van der Waals surface area contributed by atoms with E-state index in [9.17, 15) is 0 Å². The van der Waals surface area contributed by atoms with Gasteiger partial charge in [0, 0.05) is 11.9 Å². The zero-order chi connectivity index (χ0) is 17.1. The summed E-state index contributed by atoms with van der Waals surface area (Å²) in [5, 5.41) is 0. The zero-order valence-electron chi connectivity index (χ0n) is 14.5. The van der Waals surface area contributed by atoms with Gasteiger partial charge in [-0.3, -0.25) is 4.57 Å². The molecule has 6 heteroatoms. The van der Waals surface area contributed by atoms with Crippen LogP contribution < -0.4 is 5.59 Å². The van der Waals surface area contributed by atoms with Crippen molar-refractivity contribution >= 4 is 28.6 Å². The van der Waals surface area contributed by atoms with Crippen LogP contribution in [0.15, 0.2) is 35.2 Å². The molecule has 0 unspecified atom stereocenters. The highest BCUT2D eigenvalue weighted by Crippen LogP contribution is 2.40. The van der Waals surface area contributed by atoms with Crippen molar-refractivity contribution in [2.24, 2.45) is 0 Å². The second-order valence-electron chi connectivity index (χ2n) is 7.76. The van der Waals surface area contributed by atoms with Crippen molar-refractivity contribution in [3.05, 3.63) is 40.8 Å². The normalized spacial score (nSPS) is 22.1. The molecule has 1 saturated carbocycles. The molecule has 2 heterocycles. The van der Waals surface area contributed by atoms with Crippen molar-refractivity contribution in [2.45, 2.75) is 57.7 Å². The Kier molecular flexibility index (Phi) is 3.71. The molecule has 4 nitrogen and oxygen atoms in total. The molecule has 1 aliphatic heterocycles. The third-order valence-electron chi connectivity index (χ3n) is 5.37. The van der Waals surface area contributed by atoms with Crippen LogP contribution in [0.3, 0.4) is 0 Å². The quantitative estimate of drug-likeness (QED) is 0.750. The average molecular weight is 389 g/mol. The van der Waals surface area contributed by atoms with Gasteiger partial charge in [0.1, 0.15) is 0 Å². The first-order valence-electron chi connectivity index (χ1n) is 8.48. The van der Waals surface area contributed by atoms with Gasteiger partial charge >= 0.3 is 7.12 Å². The lowest BCUT2D eigenvalue weighted by Crippen LogP contribution is -2.41. The van der Waals surface area contributed by atoms with Gasteiger partial charge in [-0.05, 0) is 80.1 Å². The van der Waals surface area contributed by atoms with Crippen molar-refractivity contribution in [2.75, 3.05) is 0 Å². The van der Waals surface area contributed by atoms with Crippen LogP contribution in [0.25, 0.3) is 5.69 Å². The Bertz CT molecular complexity index is 767. The smallest absolute Gasteiger partial charge is 0.398 e. The van der Waals surface area contributed by atoms with Gasteiger partial charge in [0.15, 0.2) is 4.73 Å². The predicted molar refractivity (Wildman–Crippen MR) is 99.0 cm³/mol. The molecule has 4 rings (SSSR count). The molecule has 2 aromatic rings. The van der Waals surface area contributed by atoms with Gasteiger partial charge in [0.2, 0.25) is 0 Å². The number of rotatable bonds is 3. The third-order valence-corrected chi connectivity index (χ3v) is 5.93.